The van der Waals surface area contributed by atoms with Crippen LogP contribution in [0.1, 0.15) is 15.9 Å². The normalized spacial score (nSPS) is 12.2. The molecule has 6 nitrogen and oxygen atoms in total. The second kappa shape index (κ2) is 6.22. The molecule has 1 N–H and O–H groups in total. The average Bonchev–Trinajstić information content (AvgIpc) is 3.08. The van der Waals surface area contributed by atoms with E-state index >= 15 is 0 Å². The highest BCUT2D eigenvalue weighted by Gasteiger charge is 2.21. The van der Waals surface area contributed by atoms with E-state index in [4.69, 9.17) is 9.47 Å². The number of hydrogen-bond acceptors (Lipinski definition) is 4. The Balaban J connectivity index is 1.77. The highest BCUT2D eigenvalue weighted by atomic mass is 16.5. The molecule has 0 radical (unpaired) electrons. The number of aromatic nitrogens is 1. The van der Waals surface area contributed by atoms with Crippen LogP contribution in [0.5, 0.6) is 11.5 Å². The van der Waals surface area contributed by atoms with Crippen LogP contribution >= 0.6 is 0 Å². The van der Waals surface area contributed by atoms with Gasteiger partial charge in [0.05, 0.1) is 25.4 Å². The first-order chi connectivity index (χ1) is 12.6. The van der Waals surface area contributed by atoms with Crippen LogP contribution < -0.4 is 20.2 Å². The molecule has 4 rings (SSSR count). The lowest BCUT2D eigenvalue weighted by molar-refractivity contribution is 0.102. The third kappa shape index (κ3) is 2.50. The van der Waals surface area contributed by atoms with E-state index in [-0.39, 0.29) is 11.0 Å². The van der Waals surface area contributed by atoms with Crippen LogP contribution in [0.3, 0.4) is 0 Å². The number of anilines is 1. The van der Waals surface area contributed by atoms with Crippen LogP contribution in [0, 0.1) is 0 Å². The molecule has 1 aliphatic heterocycles. The van der Waals surface area contributed by atoms with Crippen molar-refractivity contribution < 1.29 is 14.3 Å². The summed E-state index contributed by atoms with van der Waals surface area (Å²) in [4.78, 5) is 25.7. The van der Waals surface area contributed by atoms with Crippen molar-refractivity contribution >= 4 is 22.5 Å². The lowest BCUT2D eigenvalue weighted by atomic mass is 10.1. The maximum absolute atomic E-state index is 12.8. The highest BCUT2D eigenvalue weighted by molar-refractivity contribution is 6.06. The molecule has 26 heavy (non-hydrogen) atoms. The summed E-state index contributed by atoms with van der Waals surface area (Å²) in [5.74, 6) is 0.607. The molecule has 0 aliphatic carbocycles. The van der Waals surface area contributed by atoms with Gasteiger partial charge in [-0.3, -0.25) is 9.59 Å². The molecular formula is C20H18N2O4. The Morgan fingerprint density at radius 2 is 2.00 bits per heavy atom. The van der Waals surface area contributed by atoms with Crippen molar-refractivity contribution in [3.8, 4) is 11.5 Å². The highest BCUT2D eigenvalue weighted by Crippen LogP contribution is 2.29. The van der Waals surface area contributed by atoms with Crippen molar-refractivity contribution in [1.29, 1.82) is 0 Å². The Morgan fingerprint density at radius 3 is 2.77 bits per heavy atom. The van der Waals surface area contributed by atoms with E-state index in [1.807, 2.05) is 16.7 Å². The summed E-state index contributed by atoms with van der Waals surface area (Å²) in [5, 5.41) is 3.34. The minimum atomic E-state index is -0.468. The van der Waals surface area contributed by atoms with Crippen molar-refractivity contribution in [2.24, 2.45) is 0 Å². The SMILES string of the molecule is COc1ccc(OC)c(NC(=O)c2cn3c4c(cccc4c2=O)CC3)c1. The molecule has 0 bridgehead atoms. The maximum atomic E-state index is 12.8. The van der Waals surface area contributed by atoms with Gasteiger partial charge in [-0.05, 0) is 30.2 Å². The predicted octanol–water partition coefficient (Wildman–Crippen LogP) is 2.83. The third-order valence-electron chi connectivity index (χ3n) is 4.70. The van der Waals surface area contributed by atoms with Gasteiger partial charge in [0, 0.05) is 24.2 Å². The van der Waals surface area contributed by atoms with Gasteiger partial charge in [-0.25, -0.2) is 0 Å². The first kappa shape index (κ1) is 16.2. The number of nitrogens with one attached hydrogen (secondary N) is 1. The lowest BCUT2D eigenvalue weighted by Gasteiger charge is -2.13. The number of carbonyl (C=O) groups is 1. The van der Waals surface area contributed by atoms with E-state index in [2.05, 4.69) is 5.32 Å². The number of nitrogens with zero attached hydrogens (tertiary/aromatic N) is 1. The second-order valence-corrected chi connectivity index (χ2v) is 6.15. The standard InChI is InChI=1S/C20H18N2O4/c1-25-13-6-7-17(26-2)16(10-13)21-20(24)15-11-22-9-8-12-4-3-5-14(18(12)22)19(15)23/h3-7,10-11H,8-9H2,1-2H3,(H,21,24). The fraction of sp³-hybridized carbons (Fsp3) is 0.200. The van der Waals surface area contributed by atoms with Crippen LogP contribution in [-0.4, -0.2) is 24.7 Å². The molecule has 1 aromatic heterocycles. The molecule has 2 aromatic carbocycles. The zero-order chi connectivity index (χ0) is 18.3. The summed E-state index contributed by atoms with van der Waals surface area (Å²) >= 11 is 0. The van der Waals surface area contributed by atoms with E-state index in [0.717, 1.165) is 24.0 Å². The number of benzene rings is 2. The van der Waals surface area contributed by atoms with Crippen LogP contribution in [0.4, 0.5) is 5.69 Å². The molecule has 0 saturated heterocycles. The second-order valence-electron chi connectivity index (χ2n) is 6.15. The first-order valence-corrected chi connectivity index (χ1v) is 8.31. The van der Waals surface area contributed by atoms with Crippen molar-refractivity contribution in [2.45, 2.75) is 13.0 Å². The molecule has 0 saturated carbocycles. The van der Waals surface area contributed by atoms with E-state index in [9.17, 15) is 9.59 Å². The average molecular weight is 350 g/mol. The van der Waals surface area contributed by atoms with Crippen molar-refractivity contribution in [1.82, 2.24) is 4.57 Å². The van der Waals surface area contributed by atoms with Gasteiger partial charge in [-0.15, -0.1) is 0 Å². The quantitative estimate of drug-likeness (QED) is 0.786. The Morgan fingerprint density at radius 1 is 1.15 bits per heavy atom. The summed E-state index contributed by atoms with van der Waals surface area (Å²) in [7, 11) is 3.06. The lowest BCUT2D eigenvalue weighted by Crippen LogP contribution is -2.23. The summed E-state index contributed by atoms with van der Waals surface area (Å²) in [6, 6.07) is 10.8. The molecule has 0 spiro atoms. The number of hydrogen-bond donors (Lipinski definition) is 1. The topological polar surface area (TPSA) is 69.6 Å². The van der Waals surface area contributed by atoms with Crippen LogP contribution in [0.25, 0.3) is 10.9 Å². The number of aryl methyl sites for hydroxylation is 2. The largest absolute Gasteiger partial charge is 0.497 e. The third-order valence-corrected chi connectivity index (χ3v) is 4.70. The first-order valence-electron chi connectivity index (χ1n) is 8.31. The Kier molecular flexibility index (Phi) is 3.88. The fourth-order valence-corrected chi connectivity index (χ4v) is 3.42. The monoisotopic (exact) mass is 350 g/mol. The minimum absolute atomic E-state index is 0.112. The summed E-state index contributed by atoms with van der Waals surface area (Å²) in [6.07, 6.45) is 2.51. The van der Waals surface area contributed by atoms with Crippen LogP contribution in [0.2, 0.25) is 0 Å². The van der Waals surface area contributed by atoms with Crippen molar-refractivity contribution in [3.63, 3.8) is 0 Å². The minimum Gasteiger partial charge on any atom is -0.497 e. The number of amides is 1. The van der Waals surface area contributed by atoms with Gasteiger partial charge in [0.15, 0.2) is 0 Å². The maximum Gasteiger partial charge on any atom is 0.261 e. The van der Waals surface area contributed by atoms with Gasteiger partial charge in [-0.1, -0.05) is 12.1 Å². The van der Waals surface area contributed by atoms with E-state index in [0.29, 0.717) is 22.6 Å². The Labute approximate surface area is 150 Å². The van der Waals surface area contributed by atoms with Crippen LogP contribution in [-0.2, 0) is 13.0 Å². The van der Waals surface area contributed by atoms with Gasteiger partial charge in [0.2, 0.25) is 5.43 Å². The van der Waals surface area contributed by atoms with Gasteiger partial charge in [0.25, 0.3) is 5.91 Å². The number of pyridine rings is 1. The number of ether oxygens (including phenoxy) is 2. The Hall–Kier alpha value is -3.28. The van der Waals surface area contributed by atoms with Gasteiger partial charge >= 0.3 is 0 Å². The fourth-order valence-electron chi connectivity index (χ4n) is 3.42. The molecule has 0 fully saturated rings. The molecule has 3 aromatic rings. The molecule has 0 unspecified atom stereocenters. The molecule has 132 valence electrons. The van der Waals surface area contributed by atoms with Gasteiger partial charge < -0.3 is 19.4 Å². The summed E-state index contributed by atoms with van der Waals surface area (Å²) < 4.78 is 12.5. The van der Waals surface area contributed by atoms with E-state index < -0.39 is 5.91 Å². The van der Waals surface area contributed by atoms with Crippen molar-refractivity contribution in [3.05, 3.63) is 63.9 Å². The zero-order valence-corrected chi connectivity index (χ0v) is 14.5. The predicted molar refractivity (Wildman–Crippen MR) is 99.4 cm³/mol. The van der Waals surface area contributed by atoms with Crippen molar-refractivity contribution in [2.75, 3.05) is 19.5 Å². The van der Waals surface area contributed by atoms with Crippen LogP contribution in [0.15, 0.2) is 47.4 Å². The smallest absolute Gasteiger partial charge is 0.261 e. The number of methoxy groups -OCH3 is 2. The van der Waals surface area contributed by atoms with E-state index in [1.54, 1.807) is 37.6 Å². The summed E-state index contributed by atoms with van der Waals surface area (Å²) in [6.45, 7) is 0.763. The molecule has 1 amide bonds. The molecule has 2 heterocycles. The zero-order valence-electron chi connectivity index (χ0n) is 14.5. The molecule has 6 heteroatoms. The molecule has 0 atom stereocenters. The van der Waals surface area contributed by atoms with Gasteiger partial charge in [-0.2, -0.15) is 0 Å². The Bertz CT molecular complexity index is 1090. The number of rotatable bonds is 4. The summed E-state index contributed by atoms with van der Waals surface area (Å²) in [5.41, 5.74) is 2.36. The number of carbonyl (C=O) groups excluding carboxylic acids is 1. The van der Waals surface area contributed by atoms with Gasteiger partial charge in [0.1, 0.15) is 17.1 Å². The molecular weight excluding hydrogens is 332 g/mol. The van der Waals surface area contributed by atoms with E-state index in [1.165, 1.54) is 7.11 Å². The number of para-hydroxylation sites is 1. The molecule has 1 aliphatic rings.